The number of esters is 1. The van der Waals surface area contributed by atoms with E-state index in [1.165, 1.54) is 7.11 Å². The Bertz CT molecular complexity index is 253. The van der Waals surface area contributed by atoms with Gasteiger partial charge in [0.05, 0.1) is 12.5 Å². The van der Waals surface area contributed by atoms with Gasteiger partial charge in [-0.05, 0) is 33.1 Å². The fourth-order valence-corrected chi connectivity index (χ4v) is 2.02. The minimum absolute atomic E-state index is 0.0572. The highest BCUT2D eigenvalue weighted by Crippen LogP contribution is 2.46. The van der Waals surface area contributed by atoms with Crippen molar-refractivity contribution in [3.8, 4) is 0 Å². The van der Waals surface area contributed by atoms with E-state index in [1.54, 1.807) is 0 Å². The van der Waals surface area contributed by atoms with Crippen molar-refractivity contribution in [2.75, 3.05) is 7.11 Å². The van der Waals surface area contributed by atoms with Crippen molar-refractivity contribution in [3.05, 3.63) is 12.2 Å². The molecule has 1 aliphatic rings. The van der Waals surface area contributed by atoms with Gasteiger partial charge in [-0.1, -0.05) is 19.1 Å². The molecule has 80 valence electrons. The second-order valence-electron chi connectivity index (χ2n) is 4.83. The number of carbonyl (C=O) groups excluding carboxylic acids is 1. The summed E-state index contributed by atoms with van der Waals surface area (Å²) in [5.74, 6) is -0.119. The van der Waals surface area contributed by atoms with E-state index >= 15 is 0 Å². The maximum Gasteiger partial charge on any atom is 0.312 e. The highest BCUT2D eigenvalue weighted by Gasteiger charge is 2.45. The van der Waals surface area contributed by atoms with Gasteiger partial charge in [-0.15, -0.1) is 0 Å². The van der Waals surface area contributed by atoms with Crippen LogP contribution in [0.15, 0.2) is 12.2 Å². The summed E-state index contributed by atoms with van der Waals surface area (Å²) in [6, 6.07) is 0. The first-order valence-electron chi connectivity index (χ1n) is 5.20. The first kappa shape index (κ1) is 11.3. The molecule has 1 unspecified atom stereocenters. The number of methoxy groups -OCH3 is 1. The van der Waals surface area contributed by atoms with Gasteiger partial charge in [-0.25, -0.2) is 0 Å². The molecule has 0 saturated carbocycles. The highest BCUT2D eigenvalue weighted by molar-refractivity contribution is 5.77. The van der Waals surface area contributed by atoms with Crippen LogP contribution in [-0.2, 0) is 9.53 Å². The molecule has 0 amide bonds. The fraction of sp³-hybridized carbons (Fsp3) is 0.750. The van der Waals surface area contributed by atoms with Crippen LogP contribution in [0.25, 0.3) is 0 Å². The number of allylic oxidation sites excluding steroid dienone is 2. The molecule has 2 heteroatoms. The molecule has 0 aromatic carbocycles. The predicted molar refractivity (Wildman–Crippen MR) is 56.9 cm³/mol. The Morgan fingerprint density at radius 2 is 2.14 bits per heavy atom. The van der Waals surface area contributed by atoms with Crippen molar-refractivity contribution in [1.82, 2.24) is 0 Å². The summed E-state index contributed by atoms with van der Waals surface area (Å²) in [5.41, 5.74) is -0.489. The Labute approximate surface area is 86.3 Å². The van der Waals surface area contributed by atoms with Gasteiger partial charge in [-0.3, -0.25) is 4.79 Å². The molecule has 0 radical (unpaired) electrons. The smallest absolute Gasteiger partial charge is 0.312 e. The average Bonchev–Trinajstić information content (AvgIpc) is 2.17. The number of ether oxygens (including phenoxy) is 1. The molecular weight excluding hydrogens is 176 g/mol. The average molecular weight is 196 g/mol. The van der Waals surface area contributed by atoms with Crippen LogP contribution >= 0.6 is 0 Å². The maximum absolute atomic E-state index is 11.7. The third kappa shape index (κ3) is 1.70. The lowest BCUT2D eigenvalue weighted by molar-refractivity contribution is -0.156. The van der Waals surface area contributed by atoms with Crippen molar-refractivity contribution in [2.45, 2.75) is 40.0 Å². The first-order chi connectivity index (χ1) is 6.44. The third-order valence-corrected chi connectivity index (χ3v) is 3.68. The Balaban J connectivity index is 2.94. The minimum Gasteiger partial charge on any atom is -0.469 e. The normalized spacial score (nSPS) is 27.4. The zero-order chi connectivity index (χ0) is 10.8. The Kier molecular flexibility index (Phi) is 3.03. The van der Waals surface area contributed by atoms with E-state index in [2.05, 4.69) is 19.1 Å². The van der Waals surface area contributed by atoms with Gasteiger partial charge in [-0.2, -0.15) is 0 Å². The largest absolute Gasteiger partial charge is 0.469 e. The molecule has 0 N–H and O–H groups in total. The molecule has 0 aromatic rings. The molecule has 0 spiro atoms. The van der Waals surface area contributed by atoms with Crippen LogP contribution in [0.1, 0.15) is 40.0 Å². The predicted octanol–water partition coefficient (Wildman–Crippen LogP) is 2.93. The van der Waals surface area contributed by atoms with E-state index in [9.17, 15) is 4.79 Å². The lowest BCUT2D eigenvalue weighted by Gasteiger charge is -2.41. The number of hydrogen-bond acceptors (Lipinski definition) is 2. The number of hydrogen-bond donors (Lipinski definition) is 0. The summed E-state index contributed by atoms with van der Waals surface area (Å²) in [6.07, 6.45) is 7.70. The van der Waals surface area contributed by atoms with Gasteiger partial charge >= 0.3 is 5.97 Å². The van der Waals surface area contributed by atoms with Gasteiger partial charge in [0.25, 0.3) is 0 Å². The van der Waals surface area contributed by atoms with Crippen molar-refractivity contribution in [3.63, 3.8) is 0 Å². The van der Waals surface area contributed by atoms with Crippen LogP contribution in [0.4, 0.5) is 0 Å². The van der Waals surface area contributed by atoms with Crippen LogP contribution in [-0.4, -0.2) is 13.1 Å². The number of carbonyl (C=O) groups is 1. The second kappa shape index (κ2) is 3.76. The Morgan fingerprint density at radius 3 is 2.57 bits per heavy atom. The molecule has 14 heavy (non-hydrogen) atoms. The van der Waals surface area contributed by atoms with E-state index in [4.69, 9.17) is 4.74 Å². The number of rotatable bonds is 2. The molecule has 0 fully saturated rings. The molecule has 1 atom stereocenters. The van der Waals surface area contributed by atoms with Crippen LogP contribution in [0.2, 0.25) is 0 Å². The Morgan fingerprint density at radius 1 is 1.50 bits per heavy atom. The van der Waals surface area contributed by atoms with E-state index in [1.807, 2.05) is 13.8 Å². The summed E-state index contributed by atoms with van der Waals surface area (Å²) in [5, 5.41) is 0. The van der Waals surface area contributed by atoms with Crippen molar-refractivity contribution < 1.29 is 9.53 Å². The standard InChI is InChI=1S/C12H20O2/c1-11(2,10(13)14-4)12(3)8-6-5-7-9-12/h6,8H,5,7,9H2,1-4H3. The lowest BCUT2D eigenvalue weighted by atomic mass is 9.62. The molecule has 0 heterocycles. The van der Waals surface area contributed by atoms with Crippen LogP contribution < -0.4 is 0 Å². The summed E-state index contributed by atoms with van der Waals surface area (Å²) in [4.78, 5) is 11.7. The zero-order valence-electron chi connectivity index (χ0n) is 9.59. The van der Waals surface area contributed by atoms with Gasteiger partial charge in [0.2, 0.25) is 0 Å². The molecule has 0 aliphatic heterocycles. The quantitative estimate of drug-likeness (QED) is 0.501. The fourth-order valence-electron chi connectivity index (χ4n) is 2.02. The van der Waals surface area contributed by atoms with Crippen LogP contribution in [0.5, 0.6) is 0 Å². The van der Waals surface area contributed by atoms with E-state index in [-0.39, 0.29) is 11.4 Å². The first-order valence-corrected chi connectivity index (χ1v) is 5.20. The summed E-state index contributed by atoms with van der Waals surface area (Å²) >= 11 is 0. The lowest BCUT2D eigenvalue weighted by Crippen LogP contribution is -2.41. The molecular formula is C12H20O2. The Hall–Kier alpha value is -0.790. The topological polar surface area (TPSA) is 26.3 Å². The zero-order valence-corrected chi connectivity index (χ0v) is 9.59. The second-order valence-corrected chi connectivity index (χ2v) is 4.83. The van der Waals surface area contributed by atoms with E-state index in [0.717, 1.165) is 19.3 Å². The molecule has 0 aromatic heterocycles. The van der Waals surface area contributed by atoms with Crippen LogP contribution in [0.3, 0.4) is 0 Å². The van der Waals surface area contributed by atoms with Crippen molar-refractivity contribution in [1.29, 1.82) is 0 Å². The summed E-state index contributed by atoms with van der Waals surface area (Å²) in [7, 11) is 1.46. The highest BCUT2D eigenvalue weighted by atomic mass is 16.5. The van der Waals surface area contributed by atoms with Crippen molar-refractivity contribution in [2.24, 2.45) is 10.8 Å². The monoisotopic (exact) mass is 196 g/mol. The summed E-state index contributed by atoms with van der Waals surface area (Å²) < 4.78 is 4.86. The van der Waals surface area contributed by atoms with E-state index < -0.39 is 5.41 Å². The van der Waals surface area contributed by atoms with Gasteiger partial charge in [0.15, 0.2) is 0 Å². The third-order valence-electron chi connectivity index (χ3n) is 3.68. The molecule has 1 rings (SSSR count). The van der Waals surface area contributed by atoms with Gasteiger partial charge < -0.3 is 4.74 Å². The van der Waals surface area contributed by atoms with Gasteiger partial charge in [0, 0.05) is 5.41 Å². The van der Waals surface area contributed by atoms with Crippen molar-refractivity contribution >= 4 is 5.97 Å². The molecule has 1 aliphatic carbocycles. The van der Waals surface area contributed by atoms with E-state index in [0.29, 0.717) is 0 Å². The van der Waals surface area contributed by atoms with Crippen LogP contribution in [0, 0.1) is 10.8 Å². The SMILES string of the molecule is COC(=O)C(C)(C)C1(C)C=CCCC1. The maximum atomic E-state index is 11.7. The molecule has 0 saturated heterocycles. The molecule has 2 nitrogen and oxygen atoms in total. The van der Waals surface area contributed by atoms with Gasteiger partial charge in [0.1, 0.15) is 0 Å². The molecule has 0 bridgehead atoms. The summed E-state index contributed by atoms with van der Waals surface area (Å²) in [6.45, 7) is 6.07. The minimum atomic E-state index is -0.432.